The summed E-state index contributed by atoms with van der Waals surface area (Å²) >= 11 is 0. The van der Waals surface area contributed by atoms with Crippen LogP contribution in [0.5, 0.6) is 0 Å². The average Bonchev–Trinajstić information content (AvgIpc) is 2.82. The van der Waals surface area contributed by atoms with E-state index in [0.29, 0.717) is 36.5 Å². The molecule has 0 saturated heterocycles. The molecule has 0 aliphatic rings. The molecule has 0 bridgehead atoms. The highest BCUT2D eigenvalue weighted by Gasteiger charge is 2.38. The smallest absolute Gasteiger partial charge is 0.234 e. The van der Waals surface area contributed by atoms with Crippen molar-refractivity contribution in [3.05, 3.63) is 48.0 Å². The Morgan fingerprint density at radius 2 is 1.40 bits per heavy atom. The van der Waals surface area contributed by atoms with Crippen molar-refractivity contribution in [2.75, 3.05) is 0 Å². The zero-order chi connectivity index (χ0) is 26.4. The second kappa shape index (κ2) is 17.4. The van der Waals surface area contributed by atoms with E-state index in [1.807, 2.05) is 0 Å². The van der Waals surface area contributed by atoms with E-state index in [9.17, 15) is 0 Å². The van der Waals surface area contributed by atoms with Crippen LogP contribution in [0.25, 0.3) is 0 Å². The molecule has 1 nitrogen and oxygen atoms in total. The number of hydrogen-bond donors (Lipinski definition) is 0. The topological polar surface area (TPSA) is 3.24 Å². The maximum absolute atomic E-state index is 3.89. The van der Waals surface area contributed by atoms with Crippen LogP contribution in [-0.4, -0.2) is 23.7 Å². The first-order valence-electron chi connectivity index (χ1n) is 15.1. The van der Waals surface area contributed by atoms with E-state index in [2.05, 4.69) is 104 Å². The van der Waals surface area contributed by atoms with Gasteiger partial charge in [0.2, 0.25) is 6.85 Å². The lowest BCUT2D eigenvalue weighted by Crippen LogP contribution is -2.53. The van der Waals surface area contributed by atoms with Crippen molar-refractivity contribution in [1.82, 2.24) is 4.81 Å². The van der Waals surface area contributed by atoms with E-state index in [1.54, 1.807) is 11.1 Å². The van der Waals surface area contributed by atoms with Crippen molar-refractivity contribution in [2.45, 2.75) is 156 Å². The summed E-state index contributed by atoms with van der Waals surface area (Å²) in [6.07, 6.45) is 15.2. The monoisotopic (exact) mass is 481 g/mol. The lowest BCUT2D eigenvalue weighted by molar-refractivity contribution is 0.290. The molecule has 4 unspecified atom stereocenters. The van der Waals surface area contributed by atoms with Crippen LogP contribution in [-0.2, 0) is 0 Å². The van der Waals surface area contributed by atoms with Crippen LogP contribution in [0, 0.1) is 5.92 Å². The third-order valence-corrected chi connectivity index (χ3v) is 8.36. The molecule has 35 heavy (non-hydrogen) atoms. The summed E-state index contributed by atoms with van der Waals surface area (Å²) in [5, 5.41) is 0. The molecular weight excluding hydrogens is 421 g/mol. The van der Waals surface area contributed by atoms with E-state index < -0.39 is 0 Å². The molecule has 2 heteroatoms. The Bertz CT molecular complexity index is 673. The van der Waals surface area contributed by atoms with Gasteiger partial charge in [-0.25, -0.2) is 0 Å². The molecule has 0 aromatic heterocycles. The zero-order valence-electron chi connectivity index (χ0n) is 25.2. The summed E-state index contributed by atoms with van der Waals surface area (Å²) in [6.45, 7) is 26.3. The Kier molecular flexibility index (Phi) is 16.0. The van der Waals surface area contributed by atoms with Crippen molar-refractivity contribution >= 4 is 6.85 Å². The summed E-state index contributed by atoms with van der Waals surface area (Å²) in [7, 11) is 0. The first-order chi connectivity index (χ1) is 16.6. The fraction of sp³-hybridized carbons (Fsp3) is 0.758. The molecule has 1 aromatic rings. The Morgan fingerprint density at radius 1 is 0.771 bits per heavy atom. The minimum Gasteiger partial charge on any atom is -0.337 e. The summed E-state index contributed by atoms with van der Waals surface area (Å²) in [6, 6.07) is 10.5. The highest BCUT2D eigenvalue weighted by atomic mass is 15.1. The SMILES string of the molecule is C=CCCCC(C)CCC(C)B(C(C)c1ccccc1C(C)CCCCCC)N(C(C)C)C(C)C. The lowest BCUT2D eigenvalue weighted by atomic mass is 9.39. The molecule has 0 aliphatic carbocycles. The lowest BCUT2D eigenvalue weighted by Gasteiger charge is -2.43. The Balaban J connectivity index is 3.14. The van der Waals surface area contributed by atoms with E-state index in [4.69, 9.17) is 0 Å². The third kappa shape index (κ3) is 10.9. The first kappa shape index (κ1) is 32.0. The van der Waals surface area contributed by atoms with Crippen molar-refractivity contribution in [3.8, 4) is 0 Å². The maximum atomic E-state index is 3.89. The summed E-state index contributed by atoms with van der Waals surface area (Å²) in [4.78, 5) is 2.82. The third-order valence-electron chi connectivity index (χ3n) is 8.36. The van der Waals surface area contributed by atoms with Gasteiger partial charge >= 0.3 is 0 Å². The van der Waals surface area contributed by atoms with Gasteiger partial charge in [-0.3, -0.25) is 0 Å². The van der Waals surface area contributed by atoms with Gasteiger partial charge < -0.3 is 4.81 Å². The summed E-state index contributed by atoms with van der Waals surface area (Å²) in [5.41, 5.74) is 3.19. The van der Waals surface area contributed by atoms with Crippen LogP contribution >= 0.6 is 0 Å². The molecular formula is C33H60BN. The molecule has 0 aliphatic heterocycles. The van der Waals surface area contributed by atoms with Gasteiger partial charge in [-0.05, 0) is 65.9 Å². The number of allylic oxidation sites excluding steroid dienone is 1. The minimum atomic E-state index is 0.528. The summed E-state index contributed by atoms with van der Waals surface area (Å²) in [5.74, 6) is 2.64. The largest absolute Gasteiger partial charge is 0.337 e. The number of hydrogen-bond acceptors (Lipinski definition) is 1. The molecule has 0 radical (unpaired) electrons. The van der Waals surface area contributed by atoms with Crippen LogP contribution in [0.2, 0.25) is 5.82 Å². The van der Waals surface area contributed by atoms with E-state index >= 15 is 0 Å². The van der Waals surface area contributed by atoms with Crippen LogP contribution in [0.4, 0.5) is 0 Å². The number of unbranched alkanes of at least 4 members (excludes halogenated alkanes) is 4. The van der Waals surface area contributed by atoms with Gasteiger partial charge in [0.15, 0.2) is 0 Å². The molecule has 0 N–H and O–H groups in total. The van der Waals surface area contributed by atoms with Gasteiger partial charge in [0.1, 0.15) is 0 Å². The van der Waals surface area contributed by atoms with Crippen LogP contribution in [0.1, 0.15) is 149 Å². The number of nitrogens with zero attached hydrogens (tertiary/aromatic N) is 1. The molecule has 1 aromatic carbocycles. The second-order valence-corrected chi connectivity index (χ2v) is 12.2. The standard InChI is InChI=1S/C33H60BN/c1-11-13-15-17-21-29(8)32-22-18-19-23-33(32)31(10)34(35(26(3)4)27(5)6)30(9)25-24-28(7)20-16-14-12-2/h12,18-19,22-23,26-31H,2,11,13-17,20-21,24-25H2,1,3-10H3. The number of rotatable bonds is 19. The fourth-order valence-electron chi connectivity index (χ4n) is 6.39. The molecule has 1 rings (SSSR count). The molecule has 0 saturated carbocycles. The van der Waals surface area contributed by atoms with E-state index in [-0.39, 0.29) is 0 Å². The molecule has 0 amide bonds. The minimum absolute atomic E-state index is 0.528. The molecule has 4 atom stereocenters. The van der Waals surface area contributed by atoms with Gasteiger partial charge in [0, 0.05) is 0 Å². The van der Waals surface area contributed by atoms with Crippen molar-refractivity contribution in [2.24, 2.45) is 5.92 Å². The van der Waals surface area contributed by atoms with Crippen molar-refractivity contribution in [1.29, 1.82) is 0 Å². The van der Waals surface area contributed by atoms with Gasteiger partial charge in [0.25, 0.3) is 0 Å². The van der Waals surface area contributed by atoms with Crippen LogP contribution in [0.15, 0.2) is 36.9 Å². The highest BCUT2D eigenvalue weighted by Crippen LogP contribution is 2.38. The Labute approximate surface area is 221 Å². The normalized spacial score (nSPS) is 15.4. The van der Waals surface area contributed by atoms with Gasteiger partial charge in [-0.15, -0.1) is 6.58 Å². The van der Waals surface area contributed by atoms with E-state index in [1.165, 1.54) is 57.8 Å². The Morgan fingerprint density at radius 3 is 1.97 bits per heavy atom. The second-order valence-electron chi connectivity index (χ2n) is 12.2. The van der Waals surface area contributed by atoms with E-state index in [0.717, 1.165) is 12.3 Å². The van der Waals surface area contributed by atoms with Gasteiger partial charge in [-0.2, -0.15) is 0 Å². The van der Waals surface area contributed by atoms with Crippen molar-refractivity contribution in [3.63, 3.8) is 0 Å². The zero-order valence-corrected chi connectivity index (χ0v) is 25.2. The highest BCUT2D eigenvalue weighted by molar-refractivity contribution is 6.59. The van der Waals surface area contributed by atoms with Crippen LogP contribution < -0.4 is 0 Å². The van der Waals surface area contributed by atoms with Gasteiger partial charge in [-0.1, -0.05) is 138 Å². The molecule has 0 spiro atoms. The predicted octanol–water partition coefficient (Wildman–Crippen LogP) is 10.7. The van der Waals surface area contributed by atoms with Gasteiger partial charge in [0.05, 0.1) is 0 Å². The van der Waals surface area contributed by atoms with Crippen molar-refractivity contribution < 1.29 is 0 Å². The molecule has 0 heterocycles. The summed E-state index contributed by atoms with van der Waals surface area (Å²) < 4.78 is 0. The average molecular weight is 482 g/mol. The Hall–Kier alpha value is -1.02. The fourth-order valence-corrected chi connectivity index (χ4v) is 6.39. The van der Waals surface area contributed by atoms with Crippen LogP contribution in [0.3, 0.4) is 0 Å². The molecule has 0 fully saturated rings. The quantitative estimate of drug-likeness (QED) is 0.108. The maximum Gasteiger partial charge on any atom is 0.234 e. The molecule has 200 valence electrons. The number of benzene rings is 1. The first-order valence-corrected chi connectivity index (χ1v) is 15.1. The predicted molar refractivity (Wildman–Crippen MR) is 162 cm³/mol.